The van der Waals surface area contributed by atoms with E-state index in [1.54, 1.807) is 10.8 Å². The molecule has 1 aromatic heterocycles. The summed E-state index contributed by atoms with van der Waals surface area (Å²) in [6.07, 6.45) is -1.98. The van der Waals surface area contributed by atoms with Crippen LogP contribution >= 0.6 is 0 Å². The lowest BCUT2D eigenvalue weighted by Crippen LogP contribution is -2.35. The van der Waals surface area contributed by atoms with Gasteiger partial charge in [-0.2, -0.15) is 13.2 Å². The number of rotatable bonds is 5. The molecule has 0 saturated carbocycles. The predicted molar refractivity (Wildman–Crippen MR) is 73.8 cm³/mol. The standard InChI is InChI=1S/C14H16F3N3O/c15-14(16,17)9-19-13(21)8-20-7-10(5-6-18)11-3-1-2-4-12(11)20/h1-4,7H,5-6,8-9,18H2,(H,19,21). The Morgan fingerprint density at radius 3 is 2.67 bits per heavy atom. The number of halogens is 3. The maximum absolute atomic E-state index is 12.1. The van der Waals surface area contributed by atoms with Crippen LogP contribution in [-0.4, -0.2) is 29.7 Å². The fourth-order valence-corrected chi connectivity index (χ4v) is 2.22. The molecule has 7 heteroatoms. The Morgan fingerprint density at radius 1 is 1.29 bits per heavy atom. The molecule has 0 unspecified atom stereocenters. The Hall–Kier alpha value is -2.02. The third-order valence-corrected chi connectivity index (χ3v) is 3.08. The first-order chi connectivity index (χ1) is 9.90. The second-order valence-electron chi connectivity index (χ2n) is 4.73. The zero-order valence-electron chi connectivity index (χ0n) is 11.3. The van der Waals surface area contributed by atoms with E-state index < -0.39 is 18.6 Å². The predicted octanol–water partition coefficient (Wildman–Crippen LogP) is 1.82. The monoisotopic (exact) mass is 299 g/mol. The number of para-hydroxylation sites is 1. The Morgan fingerprint density at radius 2 is 2.00 bits per heavy atom. The molecule has 0 saturated heterocycles. The average Bonchev–Trinajstić information content (AvgIpc) is 2.75. The quantitative estimate of drug-likeness (QED) is 0.885. The zero-order valence-corrected chi connectivity index (χ0v) is 11.3. The van der Waals surface area contributed by atoms with Crippen molar-refractivity contribution in [3.05, 3.63) is 36.0 Å². The van der Waals surface area contributed by atoms with Crippen LogP contribution in [0.1, 0.15) is 5.56 Å². The van der Waals surface area contributed by atoms with Crippen molar-refractivity contribution < 1.29 is 18.0 Å². The number of nitrogens with two attached hydrogens (primary N) is 1. The third kappa shape index (κ3) is 3.98. The van der Waals surface area contributed by atoms with Gasteiger partial charge in [0.05, 0.1) is 0 Å². The summed E-state index contributed by atoms with van der Waals surface area (Å²) in [5.74, 6) is -0.674. The Balaban J connectivity index is 2.16. The molecule has 1 heterocycles. The molecule has 1 aromatic carbocycles. The first-order valence-electron chi connectivity index (χ1n) is 6.51. The maximum Gasteiger partial charge on any atom is 0.405 e. The van der Waals surface area contributed by atoms with Crippen LogP contribution in [0, 0.1) is 0 Å². The van der Waals surface area contributed by atoms with E-state index in [4.69, 9.17) is 5.73 Å². The molecule has 3 N–H and O–H groups in total. The van der Waals surface area contributed by atoms with Gasteiger partial charge < -0.3 is 15.6 Å². The lowest BCUT2D eigenvalue weighted by molar-refractivity contribution is -0.138. The summed E-state index contributed by atoms with van der Waals surface area (Å²) in [5, 5.41) is 2.83. The van der Waals surface area contributed by atoms with Crippen LogP contribution in [0.4, 0.5) is 13.2 Å². The highest BCUT2D eigenvalue weighted by atomic mass is 19.4. The Kier molecular flexibility index (Phi) is 4.52. The maximum atomic E-state index is 12.1. The summed E-state index contributed by atoms with van der Waals surface area (Å²) >= 11 is 0. The molecule has 0 aliphatic carbocycles. The van der Waals surface area contributed by atoms with Gasteiger partial charge in [-0.15, -0.1) is 0 Å². The fraction of sp³-hybridized carbons (Fsp3) is 0.357. The number of benzene rings is 1. The van der Waals surface area contributed by atoms with Gasteiger partial charge in [0.15, 0.2) is 0 Å². The summed E-state index contributed by atoms with van der Waals surface area (Å²) < 4.78 is 37.9. The van der Waals surface area contributed by atoms with Crippen LogP contribution in [-0.2, 0) is 17.8 Å². The number of nitrogens with zero attached hydrogens (tertiary/aromatic N) is 1. The number of carbonyl (C=O) groups is 1. The molecule has 2 aromatic rings. The Labute approximate surface area is 119 Å². The van der Waals surface area contributed by atoms with Crippen molar-refractivity contribution in [1.29, 1.82) is 0 Å². The van der Waals surface area contributed by atoms with Crippen molar-refractivity contribution in [2.45, 2.75) is 19.1 Å². The van der Waals surface area contributed by atoms with Gasteiger partial charge in [0.25, 0.3) is 0 Å². The van der Waals surface area contributed by atoms with E-state index in [9.17, 15) is 18.0 Å². The molecule has 4 nitrogen and oxygen atoms in total. The van der Waals surface area contributed by atoms with Gasteiger partial charge in [0.1, 0.15) is 13.1 Å². The molecule has 0 aliphatic heterocycles. The molecule has 114 valence electrons. The molecule has 21 heavy (non-hydrogen) atoms. The summed E-state index contributed by atoms with van der Waals surface area (Å²) in [7, 11) is 0. The summed E-state index contributed by atoms with van der Waals surface area (Å²) in [6.45, 7) is -1.00. The van der Waals surface area contributed by atoms with E-state index in [2.05, 4.69) is 0 Å². The van der Waals surface area contributed by atoms with Gasteiger partial charge in [-0.05, 0) is 24.6 Å². The van der Waals surface area contributed by atoms with Gasteiger partial charge >= 0.3 is 6.18 Å². The van der Waals surface area contributed by atoms with Gasteiger partial charge in [0, 0.05) is 17.1 Å². The number of hydrogen-bond acceptors (Lipinski definition) is 2. The minimum atomic E-state index is -4.40. The second kappa shape index (κ2) is 6.17. The van der Waals surface area contributed by atoms with Gasteiger partial charge in [-0.3, -0.25) is 4.79 Å². The van der Waals surface area contributed by atoms with Crippen molar-refractivity contribution in [2.75, 3.05) is 13.1 Å². The summed E-state index contributed by atoms with van der Waals surface area (Å²) in [6, 6.07) is 7.42. The largest absolute Gasteiger partial charge is 0.405 e. The van der Waals surface area contributed by atoms with Crippen molar-refractivity contribution in [3.63, 3.8) is 0 Å². The summed E-state index contributed by atoms with van der Waals surface area (Å²) in [4.78, 5) is 11.6. The van der Waals surface area contributed by atoms with E-state index in [0.29, 0.717) is 13.0 Å². The first kappa shape index (κ1) is 15.4. The van der Waals surface area contributed by atoms with Crippen LogP contribution in [0.2, 0.25) is 0 Å². The number of hydrogen-bond donors (Lipinski definition) is 2. The van der Waals surface area contributed by atoms with Gasteiger partial charge in [-0.1, -0.05) is 18.2 Å². The third-order valence-electron chi connectivity index (χ3n) is 3.08. The topological polar surface area (TPSA) is 60.0 Å². The molecule has 0 radical (unpaired) electrons. The molecule has 0 fully saturated rings. The lowest BCUT2D eigenvalue weighted by Gasteiger charge is -2.09. The highest BCUT2D eigenvalue weighted by molar-refractivity contribution is 5.86. The minimum absolute atomic E-state index is 0.152. The van der Waals surface area contributed by atoms with E-state index in [-0.39, 0.29) is 6.54 Å². The van der Waals surface area contributed by atoms with E-state index in [1.165, 1.54) is 0 Å². The van der Waals surface area contributed by atoms with Crippen molar-refractivity contribution in [2.24, 2.45) is 5.73 Å². The van der Waals surface area contributed by atoms with E-state index >= 15 is 0 Å². The molecule has 0 spiro atoms. The number of nitrogens with one attached hydrogen (secondary N) is 1. The number of amides is 1. The lowest BCUT2D eigenvalue weighted by atomic mass is 10.1. The average molecular weight is 299 g/mol. The first-order valence-corrected chi connectivity index (χ1v) is 6.51. The van der Waals surface area contributed by atoms with Crippen LogP contribution < -0.4 is 11.1 Å². The highest BCUT2D eigenvalue weighted by Crippen LogP contribution is 2.21. The molecule has 0 atom stereocenters. The van der Waals surface area contributed by atoms with Gasteiger partial charge in [-0.25, -0.2) is 0 Å². The van der Waals surface area contributed by atoms with E-state index in [1.807, 2.05) is 29.6 Å². The van der Waals surface area contributed by atoms with Crippen molar-refractivity contribution in [3.8, 4) is 0 Å². The van der Waals surface area contributed by atoms with Crippen molar-refractivity contribution >= 4 is 16.8 Å². The number of carbonyl (C=O) groups excluding carboxylic acids is 1. The number of alkyl halides is 3. The van der Waals surface area contributed by atoms with Crippen molar-refractivity contribution in [1.82, 2.24) is 9.88 Å². The molecular formula is C14H16F3N3O. The summed E-state index contributed by atoms with van der Waals surface area (Å²) in [5.41, 5.74) is 7.34. The van der Waals surface area contributed by atoms with Crippen LogP contribution in [0.5, 0.6) is 0 Å². The fourth-order valence-electron chi connectivity index (χ4n) is 2.22. The van der Waals surface area contributed by atoms with Crippen LogP contribution in [0.3, 0.4) is 0 Å². The Bertz CT molecular complexity index is 634. The molecular weight excluding hydrogens is 283 g/mol. The number of aromatic nitrogens is 1. The zero-order chi connectivity index (χ0) is 15.5. The molecule has 0 aliphatic rings. The second-order valence-corrected chi connectivity index (χ2v) is 4.73. The SMILES string of the molecule is NCCc1cn(CC(=O)NCC(F)(F)F)c2ccccc12. The van der Waals surface area contributed by atoms with Gasteiger partial charge in [0.2, 0.25) is 5.91 Å². The minimum Gasteiger partial charge on any atom is -0.345 e. The molecule has 2 rings (SSSR count). The molecule has 0 bridgehead atoms. The molecule has 1 amide bonds. The highest BCUT2D eigenvalue weighted by Gasteiger charge is 2.27. The van der Waals surface area contributed by atoms with Crippen LogP contribution in [0.25, 0.3) is 10.9 Å². The van der Waals surface area contributed by atoms with E-state index in [0.717, 1.165) is 16.5 Å². The number of fused-ring (bicyclic) bond motifs is 1. The normalized spacial score (nSPS) is 11.8. The van der Waals surface area contributed by atoms with Crippen LogP contribution in [0.15, 0.2) is 30.5 Å². The smallest absolute Gasteiger partial charge is 0.345 e.